The molecule has 0 bridgehead atoms. The van der Waals surface area contributed by atoms with Crippen LogP contribution in [0.1, 0.15) is 0 Å². The number of alkyl halides is 8. The molecule has 0 rings (SSSR count). The fraction of sp³-hybridized carbons (Fsp3) is 0.750. The Kier molecular flexibility index (Phi) is 3.82. The zero-order valence-electron chi connectivity index (χ0n) is 5.85. The Morgan fingerprint density at radius 1 is 1.07 bits per heavy atom. The van der Waals surface area contributed by atoms with Gasteiger partial charge in [-0.3, -0.25) is 0 Å². The second kappa shape index (κ2) is 3.84. The van der Waals surface area contributed by atoms with Gasteiger partial charge in [-0.05, 0) is 27.5 Å². The van der Waals surface area contributed by atoms with Gasteiger partial charge in [-0.15, -0.1) is 0 Å². The zero-order valence-corrected chi connectivity index (χ0v) is 8.19. The van der Waals surface area contributed by atoms with E-state index < -0.39 is 22.2 Å². The molecule has 0 unspecified atom stereocenters. The standard InChI is InChI=1S/C4BrClF7N/c5-3(10,11)4(12,13)14-1(7)2(6,8)9/b14-1-. The first-order chi connectivity index (χ1) is 5.88. The van der Waals surface area contributed by atoms with Crippen LogP contribution < -0.4 is 0 Å². The van der Waals surface area contributed by atoms with Gasteiger partial charge < -0.3 is 0 Å². The summed E-state index contributed by atoms with van der Waals surface area (Å²) in [5, 5.41) is -4.85. The summed E-state index contributed by atoms with van der Waals surface area (Å²) in [6, 6.07) is -5.35. The van der Waals surface area contributed by atoms with Gasteiger partial charge in [-0.2, -0.15) is 35.7 Å². The second-order valence-corrected chi connectivity index (χ2v) is 3.41. The van der Waals surface area contributed by atoms with E-state index in [1.165, 1.54) is 4.99 Å². The molecule has 0 fully saturated rings. The van der Waals surface area contributed by atoms with Gasteiger partial charge in [-0.25, -0.2) is 0 Å². The number of rotatable bonds is 3. The Morgan fingerprint density at radius 2 is 1.43 bits per heavy atom. The summed E-state index contributed by atoms with van der Waals surface area (Å²) in [6.45, 7) is 0. The summed E-state index contributed by atoms with van der Waals surface area (Å²) in [5.41, 5.74) is 0. The maximum absolute atomic E-state index is 12.1. The first-order valence-electron chi connectivity index (χ1n) is 2.65. The van der Waals surface area contributed by atoms with Crippen molar-refractivity contribution in [1.82, 2.24) is 0 Å². The van der Waals surface area contributed by atoms with E-state index in [0.29, 0.717) is 0 Å². The first-order valence-corrected chi connectivity index (χ1v) is 3.82. The molecule has 10 heteroatoms. The highest BCUT2D eigenvalue weighted by atomic mass is 79.9. The van der Waals surface area contributed by atoms with E-state index in [1.807, 2.05) is 0 Å². The van der Waals surface area contributed by atoms with Gasteiger partial charge in [-0.1, -0.05) is 0 Å². The average Bonchev–Trinajstić information content (AvgIpc) is 1.80. The first kappa shape index (κ1) is 13.9. The molecular formula is C4BrClF7N. The molecular weight excluding hydrogens is 310 g/mol. The maximum atomic E-state index is 12.1. The molecule has 0 aromatic rings. The molecule has 0 aromatic heterocycles. The number of nitrogens with zero attached hydrogens (tertiary/aromatic N) is 1. The quantitative estimate of drug-likeness (QED) is 0.326. The van der Waals surface area contributed by atoms with Gasteiger partial charge in [0.15, 0.2) is 0 Å². The smallest absolute Gasteiger partial charge is 0.184 e. The molecule has 0 radical (unpaired) electrons. The molecule has 0 aromatic carbocycles. The number of hydrogen-bond donors (Lipinski definition) is 0. The molecule has 14 heavy (non-hydrogen) atoms. The molecule has 0 saturated heterocycles. The van der Waals surface area contributed by atoms with Crippen molar-refractivity contribution >= 4 is 33.5 Å². The molecule has 0 aliphatic heterocycles. The molecule has 0 amide bonds. The Bertz CT molecular complexity index is 241. The van der Waals surface area contributed by atoms with Crippen LogP contribution in [0.2, 0.25) is 0 Å². The van der Waals surface area contributed by atoms with Crippen molar-refractivity contribution in [1.29, 1.82) is 0 Å². The highest BCUT2D eigenvalue weighted by Crippen LogP contribution is 2.41. The lowest BCUT2D eigenvalue weighted by Crippen LogP contribution is -2.35. The third-order valence-electron chi connectivity index (χ3n) is 0.814. The highest BCUT2D eigenvalue weighted by Gasteiger charge is 2.56. The third-order valence-corrected chi connectivity index (χ3v) is 1.45. The van der Waals surface area contributed by atoms with Crippen molar-refractivity contribution in [2.45, 2.75) is 16.3 Å². The van der Waals surface area contributed by atoms with E-state index in [9.17, 15) is 30.7 Å². The SMILES string of the molecule is F/C(=N\C(F)(F)C(F)(F)Br)C(F)(F)Cl. The zero-order chi connectivity index (χ0) is 11.8. The Morgan fingerprint density at radius 3 is 1.64 bits per heavy atom. The van der Waals surface area contributed by atoms with Gasteiger partial charge in [0.05, 0.1) is 0 Å². The predicted molar refractivity (Wildman–Crippen MR) is 38.2 cm³/mol. The summed E-state index contributed by atoms with van der Waals surface area (Å²) >= 11 is 5.06. The predicted octanol–water partition coefficient (Wildman–Crippen LogP) is 3.77. The van der Waals surface area contributed by atoms with Crippen molar-refractivity contribution in [3.8, 4) is 0 Å². The summed E-state index contributed by atoms with van der Waals surface area (Å²) in [7, 11) is 0. The monoisotopic (exact) mass is 309 g/mol. The van der Waals surface area contributed by atoms with Crippen molar-refractivity contribution in [2.75, 3.05) is 0 Å². The highest BCUT2D eigenvalue weighted by molar-refractivity contribution is 9.10. The van der Waals surface area contributed by atoms with Crippen LogP contribution in [0.25, 0.3) is 0 Å². The Labute approximate surface area is 86.1 Å². The molecule has 0 saturated carbocycles. The fourth-order valence-corrected chi connectivity index (χ4v) is 0.381. The molecule has 1 nitrogen and oxygen atoms in total. The molecule has 84 valence electrons. The van der Waals surface area contributed by atoms with E-state index in [0.717, 1.165) is 15.9 Å². The molecule has 0 N–H and O–H groups in total. The van der Waals surface area contributed by atoms with E-state index in [1.54, 1.807) is 0 Å². The minimum atomic E-state index is -5.35. The van der Waals surface area contributed by atoms with Crippen LogP contribution in [0.15, 0.2) is 4.99 Å². The van der Waals surface area contributed by atoms with Crippen LogP contribution >= 0.6 is 27.5 Å². The van der Waals surface area contributed by atoms with Gasteiger partial charge in [0.2, 0.25) is 0 Å². The van der Waals surface area contributed by atoms with Crippen LogP contribution in [0, 0.1) is 0 Å². The van der Waals surface area contributed by atoms with Crippen molar-refractivity contribution in [3.05, 3.63) is 0 Å². The van der Waals surface area contributed by atoms with Crippen molar-refractivity contribution in [2.24, 2.45) is 4.99 Å². The summed E-state index contributed by atoms with van der Waals surface area (Å²) in [4.78, 5) is -3.76. The van der Waals surface area contributed by atoms with Crippen molar-refractivity contribution in [3.63, 3.8) is 0 Å². The van der Waals surface area contributed by atoms with Crippen molar-refractivity contribution < 1.29 is 30.7 Å². The number of aliphatic imine (C=N–C) groups is 1. The molecule has 0 heterocycles. The minimum absolute atomic E-state index is 1.15. The van der Waals surface area contributed by atoms with Crippen LogP contribution in [-0.2, 0) is 0 Å². The summed E-state index contributed by atoms with van der Waals surface area (Å²) in [6.07, 6.45) is 0. The number of halogens is 9. The Hall–Kier alpha value is -0.0500. The third kappa shape index (κ3) is 3.60. The van der Waals surface area contributed by atoms with Gasteiger partial charge in [0.1, 0.15) is 0 Å². The summed E-state index contributed by atoms with van der Waals surface area (Å²) < 4.78 is 83.3. The molecule has 0 aliphatic rings. The normalized spacial score (nSPS) is 15.9. The lowest BCUT2D eigenvalue weighted by Gasteiger charge is -2.17. The molecule has 0 atom stereocenters. The van der Waals surface area contributed by atoms with Crippen LogP contribution in [0.5, 0.6) is 0 Å². The Balaban J connectivity index is 5.00. The van der Waals surface area contributed by atoms with E-state index >= 15 is 0 Å². The van der Waals surface area contributed by atoms with Gasteiger partial charge in [0, 0.05) is 0 Å². The largest absolute Gasteiger partial charge is 0.417 e. The fourth-order valence-electron chi connectivity index (χ4n) is 0.250. The minimum Gasteiger partial charge on any atom is -0.184 e. The van der Waals surface area contributed by atoms with Crippen LogP contribution in [0.3, 0.4) is 0 Å². The van der Waals surface area contributed by atoms with Crippen LogP contribution in [-0.4, -0.2) is 22.2 Å². The lowest BCUT2D eigenvalue weighted by atomic mass is 10.5. The molecule has 0 spiro atoms. The van der Waals surface area contributed by atoms with Gasteiger partial charge in [0.25, 0.3) is 5.97 Å². The van der Waals surface area contributed by atoms with Gasteiger partial charge >= 0.3 is 16.3 Å². The van der Waals surface area contributed by atoms with E-state index in [-0.39, 0.29) is 0 Å². The topological polar surface area (TPSA) is 12.4 Å². The maximum Gasteiger partial charge on any atom is 0.417 e. The summed E-state index contributed by atoms with van der Waals surface area (Å²) in [5.74, 6) is -3.09. The lowest BCUT2D eigenvalue weighted by molar-refractivity contribution is -0.141. The number of hydrogen-bond acceptors (Lipinski definition) is 1. The van der Waals surface area contributed by atoms with E-state index in [2.05, 4.69) is 11.6 Å². The van der Waals surface area contributed by atoms with Crippen LogP contribution in [0.4, 0.5) is 30.7 Å². The molecule has 0 aliphatic carbocycles. The second-order valence-electron chi connectivity index (χ2n) is 1.94. The van der Waals surface area contributed by atoms with E-state index in [4.69, 9.17) is 0 Å². The average molecular weight is 310 g/mol.